The van der Waals surface area contributed by atoms with Crippen molar-refractivity contribution < 1.29 is 0 Å². The highest BCUT2D eigenvalue weighted by molar-refractivity contribution is 5.08. The zero-order chi connectivity index (χ0) is 12.3. The van der Waals surface area contributed by atoms with Crippen molar-refractivity contribution in [3.05, 3.63) is 29.6 Å². The summed E-state index contributed by atoms with van der Waals surface area (Å²) in [4.78, 5) is 0. The summed E-state index contributed by atoms with van der Waals surface area (Å²) >= 11 is 0. The number of aryl methyl sites for hydroxylation is 3. The normalized spacial score (nSPS) is 11.0. The van der Waals surface area contributed by atoms with Gasteiger partial charge in [-0.1, -0.05) is 0 Å². The summed E-state index contributed by atoms with van der Waals surface area (Å²) in [7, 11) is 1.96. The number of nitrogens with zero attached hydrogens (tertiary/aromatic N) is 5. The van der Waals surface area contributed by atoms with Crippen LogP contribution in [0.4, 0.5) is 0 Å². The van der Waals surface area contributed by atoms with E-state index in [0.29, 0.717) is 0 Å². The van der Waals surface area contributed by atoms with E-state index in [0.717, 1.165) is 31.2 Å². The van der Waals surface area contributed by atoms with Crippen LogP contribution in [0.3, 0.4) is 0 Å². The standard InChI is InChI=1S/C11H18N6/c1-4-17-8-13-14-11(17)7-12-6-10-5-9(2)15-16(10)3/h5,8,12H,4,6-7H2,1-3H3. The number of nitrogens with one attached hydrogen (secondary N) is 1. The van der Waals surface area contributed by atoms with Crippen molar-refractivity contribution in [2.45, 2.75) is 33.5 Å². The van der Waals surface area contributed by atoms with Crippen LogP contribution in [-0.4, -0.2) is 24.5 Å². The van der Waals surface area contributed by atoms with Crippen LogP contribution in [-0.2, 0) is 26.7 Å². The van der Waals surface area contributed by atoms with Gasteiger partial charge in [-0.3, -0.25) is 4.68 Å². The summed E-state index contributed by atoms with van der Waals surface area (Å²) in [6, 6.07) is 2.08. The molecular formula is C11H18N6. The number of rotatable bonds is 5. The third-order valence-electron chi connectivity index (χ3n) is 2.72. The Morgan fingerprint density at radius 1 is 1.35 bits per heavy atom. The molecule has 0 aliphatic heterocycles. The number of hydrogen-bond donors (Lipinski definition) is 1. The van der Waals surface area contributed by atoms with Gasteiger partial charge in [0.25, 0.3) is 0 Å². The molecular weight excluding hydrogens is 216 g/mol. The van der Waals surface area contributed by atoms with Gasteiger partial charge in [0.15, 0.2) is 0 Å². The van der Waals surface area contributed by atoms with Gasteiger partial charge in [-0.2, -0.15) is 5.10 Å². The van der Waals surface area contributed by atoms with Crippen molar-refractivity contribution >= 4 is 0 Å². The van der Waals surface area contributed by atoms with Gasteiger partial charge in [-0.05, 0) is 19.9 Å². The molecule has 0 spiro atoms. The average Bonchev–Trinajstić information content (AvgIpc) is 2.86. The van der Waals surface area contributed by atoms with Crippen molar-refractivity contribution in [1.82, 2.24) is 29.9 Å². The molecule has 0 atom stereocenters. The van der Waals surface area contributed by atoms with Gasteiger partial charge in [-0.25, -0.2) is 0 Å². The molecule has 0 saturated carbocycles. The Bertz CT molecular complexity index is 484. The van der Waals surface area contributed by atoms with Crippen LogP contribution in [0.15, 0.2) is 12.4 Å². The van der Waals surface area contributed by atoms with E-state index in [-0.39, 0.29) is 0 Å². The van der Waals surface area contributed by atoms with E-state index in [1.165, 1.54) is 5.69 Å². The lowest BCUT2D eigenvalue weighted by Crippen LogP contribution is -2.18. The lowest BCUT2D eigenvalue weighted by atomic mass is 10.3. The average molecular weight is 234 g/mol. The maximum Gasteiger partial charge on any atom is 0.146 e. The largest absolute Gasteiger partial charge is 0.317 e. The SMILES string of the molecule is CCn1cnnc1CNCc1cc(C)nn1C. The zero-order valence-electron chi connectivity index (χ0n) is 10.5. The molecule has 0 aliphatic rings. The van der Waals surface area contributed by atoms with Crippen molar-refractivity contribution in [3.63, 3.8) is 0 Å². The fourth-order valence-electron chi connectivity index (χ4n) is 1.81. The minimum Gasteiger partial charge on any atom is -0.317 e. The molecule has 0 aromatic carbocycles. The predicted octanol–water partition coefficient (Wildman–Crippen LogP) is 0.630. The summed E-state index contributed by atoms with van der Waals surface area (Å²) in [5.41, 5.74) is 2.21. The van der Waals surface area contributed by atoms with Gasteiger partial charge in [-0.15, -0.1) is 10.2 Å². The molecule has 0 bridgehead atoms. The monoisotopic (exact) mass is 234 g/mol. The van der Waals surface area contributed by atoms with Gasteiger partial charge in [0, 0.05) is 20.1 Å². The van der Waals surface area contributed by atoms with Crippen LogP contribution in [0.1, 0.15) is 24.1 Å². The summed E-state index contributed by atoms with van der Waals surface area (Å²) in [6.45, 7) is 6.48. The Hall–Kier alpha value is -1.69. The second-order valence-electron chi connectivity index (χ2n) is 4.04. The minimum atomic E-state index is 0.720. The predicted molar refractivity (Wildman–Crippen MR) is 64.2 cm³/mol. The zero-order valence-corrected chi connectivity index (χ0v) is 10.5. The van der Waals surface area contributed by atoms with Gasteiger partial charge < -0.3 is 9.88 Å². The third kappa shape index (κ3) is 2.71. The van der Waals surface area contributed by atoms with Crippen LogP contribution >= 0.6 is 0 Å². The Labute approximate surface area is 101 Å². The molecule has 6 heteroatoms. The summed E-state index contributed by atoms with van der Waals surface area (Å²) < 4.78 is 3.92. The molecule has 0 unspecified atom stereocenters. The molecule has 6 nitrogen and oxygen atoms in total. The van der Waals surface area contributed by atoms with Crippen LogP contribution in [0, 0.1) is 6.92 Å². The highest BCUT2D eigenvalue weighted by atomic mass is 15.3. The smallest absolute Gasteiger partial charge is 0.146 e. The van der Waals surface area contributed by atoms with Gasteiger partial charge in [0.1, 0.15) is 12.2 Å². The first-order valence-corrected chi connectivity index (χ1v) is 5.77. The molecule has 0 fully saturated rings. The van der Waals surface area contributed by atoms with Crippen LogP contribution in [0.2, 0.25) is 0 Å². The number of aromatic nitrogens is 5. The lowest BCUT2D eigenvalue weighted by Gasteiger charge is -2.05. The maximum absolute atomic E-state index is 4.30. The molecule has 0 amide bonds. The third-order valence-corrected chi connectivity index (χ3v) is 2.72. The van der Waals surface area contributed by atoms with E-state index in [1.54, 1.807) is 6.33 Å². The first-order chi connectivity index (χ1) is 8.20. The van der Waals surface area contributed by atoms with E-state index in [4.69, 9.17) is 0 Å². The molecule has 0 radical (unpaired) electrons. The Morgan fingerprint density at radius 2 is 2.18 bits per heavy atom. The van der Waals surface area contributed by atoms with E-state index in [2.05, 4.69) is 33.6 Å². The first kappa shape index (κ1) is 11.8. The molecule has 1 N–H and O–H groups in total. The molecule has 2 rings (SSSR count). The molecule has 2 aromatic rings. The van der Waals surface area contributed by atoms with E-state index >= 15 is 0 Å². The van der Waals surface area contributed by atoms with E-state index < -0.39 is 0 Å². The van der Waals surface area contributed by atoms with Gasteiger partial charge >= 0.3 is 0 Å². The van der Waals surface area contributed by atoms with E-state index in [1.807, 2.05) is 23.2 Å². The summed E-state index contributed by atoms with van der Waals surface area (Å²) in [6.07, 6.45) is 1.76. The van der Waals surface area contributed by atoms with Crippen LogP contribution in [0.25, 0.3) is 0 Å². The van der Waals surface area contributed by atoms with Crippen molar-refractivity contribution in [1.29, 1.82) is 0 Å². The fraction of sp³-hybridized carbons (Fsp3) is 0.545. The molecule has 0 aliphatic carbocycles. The van der Waals surface area contributed by atoms with Crippen molar-refractivity contribution in [2.24, 2.45) is 7.05 Å². The lowest BCUT2D eigenvalue weighted by molar-refractivity contribution is 0.585. The molecule has 2 aromatic heterocycles. The Kier molecular flexibility index (Phi) is 3.53. The molecule has 0 saturated heterocycles. The van der Waals surface area contributed by atoms with E-state index in [9.17, 15) is 0 Å². The van der Waals surface area contributed by atoms with Crippen molar-refractivity contribution in [3.8, 4) is 0 Å². The fourth-order valence-corrected chi connectivity index (χ4v) is 1.81. The second-order valence-corrected chi connectivity index (χ2v) is 4.04. The summed E-state index contributed by atoms with van der Waals surface area (Å²) in [5, 5.41) is 15.6. The molecule has 92 valence electrons. The highest BCUT2D eigenvalue weighted by Crippen LogP contribution is 2.02. The first-order valence-electron chi connectivity index (χ1n) is 5.77. The van der Waals surface area contributed by atoms with Crippen LogP contribution in [0.5, 0.6) is 0 Å². The topological polar surface area (TPSA) is 60.6 Å². The second kappa shape index (κ2) is 5.09. The molecule has 2 heterocycles. The van der Waals surface area contributed by atoms with Gasteiger partial charge in [0.2, 0.25) is 0 Å². The maximum atomic E-state index is 4.30. The summed E-state index contributed by atoms with van der Waals surface area (Å²) in [5.74, 6) is 0.964. The number of hydrogen-bond acceptors (Lipinski definition) is 4. The Balaban J connectivity index is 1.89. The minimum absolute atomic E-state index is 0.720. The Morgan fingerprint density at radius 3 is 2.82 bits per heavy atom. The van der Waals surface area contributed by atoms with Crippen LogP contribution < -0.4 is 5.32 Å². The van der Waals surface area contributed by atoms with Gasteiger partial charge in [0.05, 0.1) is 17.9 Å². The highest BCUT2D eigenvalue weighted by Gasteiger charge is 2.04. The van der Waals surface area contributed by atoms with Crippen molar-refractivity contribution in [2.75, 3.05) is 0 Å². The quantitative estimate of drug-likeness (QED) is 0.824. The molecule has 17 heavy (non-hydrogen) atoms.